The number of hydrogen-bond donors (Lipinski definition) is 3. The minimum absolute atomic E-state index is 0.107. The van der Waals surface area contributed by atoms with Gasteiger partial charge in [0.05, 0.1) is 26.4 Å². The average molecular weight is 1340 g/mol. The summed E-state index contributed by atoms with van der Waals surface area (Å²) in [6.07, 6.45) is 52.6. The lowest BCUT2D eigenvalue weighted by Gasteiger charge is -2.21. The van der Waals surface area contributed by atoms with Gasteiger partial charge in [0.15, 0.2) is 12.2 Å². The van der Waals surface area contributed by atoms with Gasteiger partial charge in [-0.05, 0) is 31.6 Å². The molecule has 3 N–H and O–H groups in total. The largest absolute Gasteiger partial charge is 0.472 e. The van der Waals surface area contributed by atoms with Gasteiger partial charge in [-0.2, -0.15) is 0 Å². The van der Waals surface area contributed by atoms with Crippen LogP contribution < -0.4 is 0 Å². The van der Waals surface area contributed by atoms with Crippen molar-refractivity contribution in [2.24, 2.45) is 5.92 Å². The Balaban J connectivity index is 5.23. The van der Waals surface area contributed by atoms with Gasteiger partial charge < -0.3 is 33.8 Å². The highest BCUT2D eigenvalue weighted by Crippen LogP contribution is 2.45. The number of aliphatic hydroxyl groups excluding tert-OH is 1. The number of esters is 4. The zero-order valence-corrected chi connectivity index (χ0v) is 60.8. The van der Waals surface area contributed by atoms with E-state index >= 15 is 0 Å². The van der Waals surface area contributed by atoms with Crippen molar-refractivity contribution in [3.05, 3.63) is 0 Å². The Hall–Kier alpha value is -1.94. The summed E-state index contributed by atoms with van der Waals surface area (Å²) in [6, 6.07) is 0. The van der Waals surface area contributed by atoms with Crippen molar-refractivity contribution in [2.75, 3.05) is 39.6 Å². The van der Waals surface area contributed by atoms with Crippen LogP contribution in [0, 0.1) is 5.92 Å². The maximum Gasteiger partial charge on any atom is 0.472 e. The second-order valence-corrected chi connectivity index (χ2v) is 29.4. The number of unbranched alkanes of at least 4 members (excludes halogenated alkanes) is 44. The smallest absolute Gasteiger partial charge is 0.462 e. The molecule has 0 amide bonds. The number of aliphatic hydroxyl groups is 1. The highest BCUT2D eigenvalue weighted by atomic mass is 31.2. The molecule has 0 aliphatic heterocycles. The molecule has 91 heavy (non-hydrogen) atoms. The Morgan fingerprint density at radius 1 is 0.297 bits per heavy atom. The van der Waals surface area contributed by atoms with Crippen LogP contribution in [0.1, 0.15) is 375 Å². The number of hydrogen-bond acceptors (Lipinski definition) is 15. The fourth-order valence-electron chi connectivity index (χ4n) is 11.0. The summed E-state index contributed by atoms with van der Waals surface area (Å²) in [6.45, 7) is 7.26. The van der Waals surface area contributed by atoms with Gasteiger partial charge in [-0.15, -0.1) is 0 Å². The Morgan fingerprint density at radius 3 is 0.747 bits per heavy atom. The minimum atomic E-state index is -4.95. The van der Waals surface area contributed by atoms with Crippen LogP contribution in [-0.4, -0.2) is 96.7 Å². The van der Waals surface area contributed by atoms with Crippen LogP contribution in [0.2, 0.25) is 0 Å². The number of phosphoric acid groups is 2. The zero-order valence-electron chi connectivity index (χ0n) is 59.0. The van der Waals surface area contributed by atoms with Crippen LogP contribution in [0.3, 0.4) is 0 Å². The van der Waals surface area contributed by atoms with Crippen LogP contribution in [0.25, 0.3) is 0 Å². The molecule has 0 aromatic carbocycles. The summed E-state index contributed by atoms with van der Waals surface area (Å²) < 4.78 is 68.3. The van der Waals surface area contributed by atoms with Crippen molar-refractivity contribution < 1.29 is 80.2 Å². The molecule has 5 atom stereocenters. The predicted octanol–water partition coefficient (Wildman–Crippen LogP) is 20.9. The summed E-state index contributed by atoms with van der Waals surface area (Å²) in [5.74, 6) is -1.34. The molecule has 0 aliphatic rings. The van der Waals surface area contributed by atoms with Gasteiger partial charge in [0.25, 0.3) is 0 Å². The number of phosphoric ester groups is 2. The molecule has 540 valence electrons. The normalized spacial score (nSPS) is 14.0. The van der Waals surface area contributed by atoms with Crippen molar-refractivity contribution in [3.63, 3.8) is 0 Å². The summed E-state index contributed by atoms with van der Waals surface area (Å²) in [7, 11) is -9.90. The second-order valence-electron chi connectivity index (χ2n) is 26.5. The maximum atomic E-state index is 13.0. The van der Waals surface area contributed by atoms with E-state index in [-0.39, 0.29) is 25.7 Å². The Bertz CT molecular complexity index is 1750. The molecule has 0 aromatic rings. The fraction of sp³-hybridized carbons (Fsp3) is 0.944. The lowest BCUT2D eigenvalue weighted by Crippen LogP contribution is -2.30. The van der Waals surface area contributed by atoms with Gasteiger partial charge in [-0.25, -0.2) is 9.13 Å². The first-order chi connectivity index (χ1) is 44.0. The minimum Gasteiger partial charge on any atom is -0.462 e. The summed E-state index contributed by atoms with van der Waals surface area (Å²) in [5.41, 5.74) is 0. The molecule has 0 saturated carbocycles. The summed E-state index contributed by atoms with van der Waals surface area (Å²) in [4.78, 5) is 72.6. The van der Waals surface area contributed by atoms with E-state index in [0.717, 1.165) is 95.8 Å². The number of carbonyl (C=O) groups excluding carboxylic acids is 4. The lowest BCUT2D eigenvalue weighted by molar-refractivity contribution is -0.161. The predicted molar refractivity (Wildman–Crippen MR) is 368 cm³/mol. The van der Waals surface area contributed by atoms with E-state index in [1.807, 2.05) is 0 Å². The third-order valence-electron chi connectivity index (χ3n) is 16.8. The monoisotopic (exact) mass is 1340 g/mol. The Kier molecular flexibility index (Phi) is 64.0. The maximum absolute atomic E-state index is 13.0. The molecule has 17 nitrogen and oxygen atoms in total. The van der Waals surface area contributed by atoms with E-state index in [9.17, 15) is 43.2 Å². The van der Waals surface area contributed by atoms with Crippen molar-refractivity contribution in [2.45, 2.75) is 393 Å². The van der Waals surface area contributed by atoms with E-state index in [1.165, 1.54) is 199 Å². The highest BCUT2D eigenvalue weighted by Gasteiger charge is 2.30. The first kappa shape index (κ1) is 89.1. The molecule has 0 heterocycles. The van der Waals surface area contributed by atoms with Crippen molar-refractivity contribution >= 4 is 39.5 Å². The topological polar surface area (TPSA) is 237 Å². The van der Waals surface area contributed by atoms with Gasteiger partial charge in [-0.3, -0.25) is 37.3 Å². The number of rotatable bonds is 72. The lowest BCUT2D eigenvalue weighted by atomic mass is 10.0. The number of ether oxygens (including phenoxy) is 4. The van der Waals surface area contributed by atoms with Crippen LogP contribution in [0.5, 0.6) is 0 Å². The summed E-state index contributed by atoms with van der Waals surface area (Å²) >= 11 is 0. The van der Waals surface area contributed by atoms with Gasteiger partial charge >= 0.3 is 39.5 Å². The van der Waals surface area contributed by atoms with Crippen molar-refractivity contribution in [1.29, 1.82) is 0 Å². The van der Waals surface area contributed by atoms with E-state index in [4.69, 9.17) is 37.0 Å². The van der Waals surface area contributed by atoms with E-state index < -0.39 is 97.5 Å². The van der Waals surface area contributed by atoms with Gasteiger partial charge in [0.1, 0.15) is 19.3 Å². The Labute approximate surface area is 556 Å². The van der Waals surface area contributed by atoms with Crippen LogP contribution >= 0.6 is 15.6 Å². The quantitative estimate of drug-likeness (QED) is 0.0222. The highest BCUT2D eigenvalue weighted by molar-refractivity contribution is 7.47. The van der Waals surface area contributed by atoms with E-state index in [0.29, 0.717) is 25.7 Å². The molecule has 0 fully saturated rings. The molecule has 0 rings (SSSR count). The Morgan fingerprint density at radius 2 is 0.505 bits per heavy atom. The van der Waals surface area contributed by atoms with Gasteiger partial charge in [0, 0.05) is 25.7 Å². The van der Waals surface area contributed by atoms with Gasteiger partial charge in [-0.1, -0.05) is 324 Å². The molecular formula is C72H140O17P2. The standard InChI is InChI=1S/C72H140O17P2/c1-6-9-12-15-18-21-24-25-26-27-28-33-38-43-48-53-58-72(77)89-68(62-83-70(75)56-51-46-41-37-32-30-29-31-34-39-44-49-54-65(4)5)64-87-91(80,81)85-60-66(73)59-84-90(78,79)86-63-67(88-71(76)57-52-47-42-36-23-20-17-14-11-8-3)61-82-69(74)55-50-45-40-35-22-19-16-13-10-7-2/h65-68,73H,6-64H2,1-5H3,(H,78,79)(H,80,81)/t66-,67+,68+/m0/s1. The zero-order chi connectivity index (χ0) is 67.0. The first-order valence-corrected chi connectivity index (χ1v) is 40.6. The van der Waals surface area contributed by atoms with Crippen LogP contribution in [0.4, 0.5) is 0 Å². The van der Waals surface area contributed by atoms with Crippen LogP contribution in [0.15, 0.2) is 0 Å². The van der Waals surface area contributed by atoms with Crippen molar-refractivity contribution in [1.82, 2.24) is 0 Å². The fourth-order valence-corrected chi connectivity index (χ4v) is 12.6. The molecule has 0 saturated heterocycles. The second kappa shape index (κ2) is 65.4. The first-order valence-electron chi connectivity index (χ1n) is 37.6. The average Bonchev–Trinajstić information content (AvgIpc) is 3.73. The summed E-state index contributed by atoms with van der Waals surface area (Å²) in [5, 5.41) is 10.6. The van der Waals surface area contributed by atoms with E-state index in [2.05, 4.69) is 34.6 Å². The molecule has 0 radical (unpaired) electrons. The molecule has 0 aromatic heterocycles. The molecule has 0 spiro atoms. The molecule has 0 bridgehead atoms. The SMILES string of the molecule is CCCCCCCCCCCCCCCCCCC(=O)O[C@H](COC(=O)CCCCCCCCCCCCCCC(C)C)COP(=O)(O)OC[C@@H](O)COP(=O)(O)OC[C@@H](COC(=O)CCCCCCCCCCCC)OC(=O)CCCCCCCCCCCC. The third-order valence-corrected chi connectivity index (χ3v) is 18.7. The molecule has 2 unspecified atom stereocenters. The molecular weight excluding hydrogens is 1200 g/mol. The third kappa shape index (κ3) is 66.5. The van der Waals surface area contributed by atoms with Crippen molar-refractivity contribution in [3.8, 4) is 0 Å². The molecule has 0 aliphatic carbocycles. The van der Waals surface area contributed by atoms with Gasteiger partial charge in [0.2, 0.25) is 0 Å². The van der Waals surface area contributed by atoms with Crippen LogP contribution in [-0.2, 0) is 65.4 Å². The number of carbonyl (C=O) groups is 4. The van der Waals surface area contributed by atoms with E-state index in [1.54, 1.807) is 0 Å². The molecule has 19 heteroatoms.